The fraction of sp³-hybridized carbons (Fsp3) is 0.714. The van der Waals surface area contributed by atoms with E-state index in [-0.39, 0.29) is 17.1 Å². The Morgan fingerprint density at radius 2 is 2.08 bits per heavy atom. The van der Waals surface area contributed by atoms with E-state index in [9.17, 15) is 5.11 Å². The van der Waals surface area contributed by atoms with Crippen LogP contribution in [-0.2, 0) is 21.3 Å². The van der Waals surface area contributed by atoms with Crippen molar-refractivity contribution < 1.29 is 14.6 Å². The fourth-order valence-corrected chi connectivity index (χ4v) is 6.01. The zero-order valence-corrected chi connectivity index (χ0v) is 15.4. The molecule has 24 heavy (non-hydrogen) atoms. The third kappa shape index (κ3) is 2.04. The van der Waals surface area contributed by atoms with Gasteiger partial charge in [0.25, 0.3) is 0 Å². The average Bonchev–Trinajstić information content (AvgIpc) is 2.54. The van der Waals surface area contributed by atoms with Gasteiger partial charge in [-0.15, -0.1) is 0 Å². The van der Waals surface area contributed by atoms with E-state index >= 15 is 0 Å². The zero-order chi connectivity index (χ0) is 17.1. The number of rotatable bonds is 2. The van der Waals surface area contributed by atoms with Crippen LogP contribution in [0.4, 0.5) is 0 Å². The number of aromatic hydroxyl groups is 1. The SMILES string of the molecule is COC1OCC2(C)CCCC13c1cc(O)c(C(C)C)cc1CCC23. The van der Waals surface area contributed by atoms with Gasteiger partial charge < -0.3 is 14.6 Å². The molecule has 1 aromatic carbocycles. The lowest BCUT2D eigenvalue weighted by Gasteiger charge is -2.62. The number of ether oxygens (including phenoxy) is 2. The summed E-state index contributed by atoms with van der Waals surface area (Å²) in [6.45, 7) is 7.48. The molecule has 2 bridgehead atoms. The van der Waals surface area contributed by atoms with Crippen LogP contribution in [0.25, 0.3) is 0 Å². The largest absolute Gasteiger partial charge is 0.508 e. The molecule has 1 N–H and O–H groups in total. The van der Waals surface area contributed by atoms with Crippen LogP contribution < -0.4 is 0 Å². The Bertz CT molecular complexity index is 653. The van der Waals surface area contributed by atoms with Crippen molar-refractivity contribution in [1.29, 1.82) is 0 Å². The Labute approximate surface area is 145 Å². The number of fused-ring (bicyclic) bond motifs is 1. The van der Waals surface area contributed by atoms with Crippen LogP contribution in [0.5, 0.6) is 5.75 Å². The van der Waals surface area contributed by atoms with E-state index in [4.69, 9.17) is 9.47 Å². The number of hydrogen-bond donors (Lipinski definition) is 1. The highest BCUT2D eigenvalue weighted by Gasteiger charge is 2.62. The minimum Gasteiger partial charge on any atom is -0.508 e. The molecule has 1 heterocycles. The normalized spacial score (nSPS) is 37.9. The number of hydrogen-bond acceptors (Lipinski definition) is 3. The van der Waals surface area contributed by atoms with Gasteiger partial charge in [-0.05, 0) is 65.7 Å². The summed E-state index contributed by atoms with van der Waals surface area (Å²) >= 11 is 0. The van der Waals surface area contributed by atoms with Crippen LogP contribution >= 0.6 is 0 Å². The van der Waals surface area contributed by atoms with Crippen molar-refractivity contribution in [2.24, 2.45) is 11.3 Å². The molecule has 1 aromatic rings. The van der Waals surface area contributed by atoms with Crippen molar-refractivity contribution in [2.75, 3.05) is 13.7 Å². The van der Waals surface area contributed by atoms with Crippen molar-refractivity contribution >= 4 is 0 Å². The van der Waals surface area contributed by atoms with E-state index in [1.807, 2.05) is 6.07 Å². The Morgan fingerprint density at radius 1 is 1.29 bits per heavy atom. The second-order valence-electron chi connectivity index (χ2n) is 8.74. The molecule has 3 aliphatic rings. The summed E-state index contributed by atoms with van der Waals surface area (Å²) in [5, 5.41) is 10.7. The van der Waals surface area contributed by atoms with E-state index in [1.54, 1.807) is 7.11 Å². The lowest BCUT2D eigenvalue weighted by molar-refractivity contribution is -0.267. The van der Waals surface area contributed by atoms with Gasteiger partial charge in [-0.2, -0.15) is 0 Å². The van der Waals surface area contributed by atoms with Gasteiger partial charge in [0.2, 0.25) is 0 Å². The van der Waals surface area contributed by atoms with E-state index in [0.717, 1.165) is 25.0 Å². The van der Waals surface area contributed by atoms with Gasteiger partial charge in [0.1, 0.15) is 5.75 Å². The van der Waals surface area contributed by atoms with Crippen molar-refractivity contribution in [2.45, 2.75) is 70.5 Å². The molecule has 4 unspecified atom stereocenters. The number of phenols is 1. The van der Waals surface area contributed by atoms with Gasteiger partial charge in [-0.3, -0.25) is 0 Å². The van der Waals surface area contributed by atoms with E-state index < -0.39 is 0 Å². The zero-order valence-electron chi connectivity index (χ0n) is 15.4. The second-order valence-corrected chi connectivity index (χ2v) is 8.74. The molecule has 2 aliphatic carbocycles. The number of benzene rings is 1. The molecule has 4 atom stereocenters. The summed E-state index contributed by atoms with van der Waals surface area (Å²) in [6.07, 6.45) is 5.66. The first-order valence-electron chi connectivity index (χ1n) is 9.43. The molecular formula is C21H30O3. The number of phenolic OH excluding ortho intramolecular Hbond substituents is 1. The van der Waals surface area contributed by atoms with Gasteiger partial charge in [0.15, 0.2) is 6.29 Å². The lowest BCUT2D eigenvalue weighted by Crippen LogP contribution is -2.63. The minimum absolute atomic E-state index is 0.0967. The maximum atomic E-state index is 10.7. The Balaban J connectivity index is 1.92. The Morgan fingerprint density at radius 3 is 2.79 bits per heavy atom. The average molecular weight is 330 g/mol. The summed E-state index contributed by atoms with van der Waals surface area (Å²) in [5.41, 5.74) is 3.88. The maximum absolute atomic E-state index is 10.7. The summed E-state index contributed by atoms with van der Waals surface area (Å²) in [4.78, 5) is 0. The number of aryl methyl sites for hydroxylation is 1. The molecule has 3 nitrogen and oxygen atoms in total. The van der Waals surface area contributed by atoms with Gasteiger partial charge in [0.05, 0.1) is 12.0 Å². The van der Waals surface area contributed by atoms with Crippen molar-refractivity contribution in [3.63, 3.8) is 0 Å². The molecule has 0 aromatic heterocycles. The van der Waals surface area contributed by atoms with E-state index in [1.165, 1.54) is 30.4 Å². The summed E-state index contributed by atoms with van der Waals surface area (Å²) in [6, 6.07) is 4.29. The molecule has 1 saturated carbocycles. The molecule has 132 valence electrons. The first-order chi connectivity index (χ1) is 11.4. The van der Waals surface area contributed by atoms with Crippen molar-refractivity contribution in [1.82, 2.24) is 0 Å². The molecule has 1 aliphatic heterocycles. The quantitative estimate of drug-likeness (QED) is 0.867. The van der Waals surface area contributed by atoms with Gasteiger partial charge in [-0.1, -0.05) is 33.3 Å². The van der Waals surface area contributed by atoms with Gasteiger partial charge in [0, 0.05) is 7.11 Å². The molecule has 1 saturated heterocycles. The fourth-order valence-electron chi connectivity index (χ4n) is 6.01. The summed E-state index contributed by atoms with van der Waals surface area (Å²) < 4.78 is 12.1. The second kappa shape index (κ2) is 5.47. The van der Waals surface area contributed by atoms with Crippen LogP contribution in [0, 0.1) is 11.3 Å². The maximum Gasteiger partial charge on any atom is 0.167 e. The van der Waals surface area contributed by atoms with Crippen LogP contribution in [0.2, 0.25) is 0 Å². The summed E-state index contributed by atoms with van der Waals surface area (Å²) in [7, 11) is 1.77. The Hall–Kier alpha value is -1.06. The number of methoxy groups -OCH3 is 1. The first kappa shape index (κ1) is 16.4. The van der Waals surface area contributed by atoms with Gasteiger partial charge >= 0.3 is 0 Å². The molecule has 2 fully saturated rings. The minimum atomic E-state index is -0.195. The highest BCUT2D eigenvalue weighted by molar-refractivity contribution is 5.50. The highest BCUT2D eigenvalue weighted by Crippen LogP contribution is 2.62. The molecule has 0 amide bonds. The lowest BCUT2D eigenvalue weighted by atomic mass is 9.47. The van der Waals surface area contributed by atoms with Crippen LogP contribution in [0.1, 0.15) is 69.1 Å². The molecule has 4 rings (SSSR count). The monoisotopic (exact) mass is 330 g/mol. The first-order valence-corrected chi connectivity index (χ1v) is 9.43. The predicted octanol–water partition coefficient (Wildman–Crippen LogP) is 4.51. The molecular weight excluding hydrogens is 300 g/mol. The van der Waals surface area contributed by atoms with Crippen LogP contribution in [0.3, 0.4) is 0 Å². The molecule has 3 heteroatoms. The van der Waals surface area contributed by atoms with Gasteiger partial charge in [-0.25, -0.2) is 0 Å². The molecule has 0 spiro atoms. The van der Waals surface area contributed by atoms with Crippen LogP contribution in [-0.4, -0.2) is 25.1 Å². The van der Waals surface area contributed by atoms with E-state index in [0.29, 0.717) is 17.6 Å². The standard InChI is InChI=1S/C21H30O3/c1-13(2)15-10-14-6-7-18-20(3)8-5-9-21(18,16(14)11-17(15)22)19(23-4)24-12-20/h10-11,13,18-19,22H,5-9,12H2,1-4H3. The van der Waals surface area contributed by atoms with Crippen LogP contribution in [0.15, 0.2) is 12.1 Å². The van der Waals surface area contributed by atoms with Crippen molar-refractivity contribution in [3.8, 4) is 5.75 Å². The summed E-state index contributed by atoms with van der Waals surface area (Å²) in [5.74, 6) is 1.35. The van der Waals surface area contributed by atoms with Crippen molar-refractivity contribution in [3.05, 3.63) is 28.8 Å². The Kier molecular flexibility index (Phi) is 3.74. The van der Waals surface area contributed by atoms with E-state index in [2.05, 4.69) is 26.8 Å². The smallest absolute Gasteiger partial charge is 0.167 e. The third-order valence-corrected chi connectivity index (χ3v) is 7.08. The molecule has 0 radical (unpaired) electrons. The predicted molar refractivity (Wildman–Crippen MR) is 94.4 cm³/mol. The third-order valence-electron chi connectivity index (χ3n) is 7.08. The topological polar surface area (TPSA) is 38.7 Å². The highest BCUT2D eigenvalue weighted by atomic mass is 16.7.